The van der Waals surface area contributed by atoms with Crippen molar-refractivity contribution >= 4 is 22.8 Å². The van der Waals surface area contributed by atoms with Crippen molar-refractivity contribution in [3.05, 3.63) is 66.6 Å². The number of halogens is 1. The minimum Gasteiger partial charge on any atom is -0.306 e. The second kappa shape index (κ2) is 8.43. The smallest absolute Gasteiger partial charge is 0.259 e. The third-order valence-electron chi connectivity index (χ3n) is 5.77. The normalized spacial score (nSPS) is 15.2. The maximum Gasteiger partial charge on any atom is 0.259 e. The average Bonchev–Trinajstić information content (AvgIpc) is 3.29. The molecule has 0 atom stereocenters. The molecule has 3 aromatic heterocycles. The number of nitrogens with zero attached hydrogens (tertiary/aromatic N) is 6. The molecule has 5 rings (SSSR count). The lowest BCUT2D eigenvalue weighted by Crippen LogP contribution is -2.31. The number of likely N-dealkylation sites (tertiary alicyclic amines) is 1. The molecule has 0 saturated carbocycles. The van der Waals surface area contributed by atoms with E-state index in [2.05, 4.69) is 48.2 Å². The lowest BCUT2D eigenvalue weighted by molar-refractivity contribution is 0.102. The number of rotatable bonds is 4. The largest absolute Gasteiger partial charge is 0.306 e. The van der Waals surface area contributed by atoms with Crippen LogP contribution in [0.25, 0.3) is 22.0 Å². The number of carbonyl (C=O) groups is 1. The number of hydrogen-bond acceptors (Lipinski definition) is 6. The van der Waals surface area contributed by atoms with E-state index in [4.69, 9.17) is 0 Å². The summed E-state index contributed by atoms with van der Waals surface area (Å²) in [6, 6.07) is 7.44. The Hall–Kier alpha value is -3.72. The Morgan fingerprint density at radius 2 is 1.94 bits per heavy atom. The van der Waals surface area contributed by atoms with Crippen LogP contribution in [0.4, 0.5) is 10.3 Å². The Labute approximate surface area is 184 Å². The van der Waals surface area contributed by atoms with E-state index in [1.54, 1.807) is 6.20 Å². The number of fused-ring (bicyclic) bond motifs is 1. The van der Waals surface area contributed by atoms with Crippen LogP contribution < -0.4 is 5.32 Å². The lowest BCUT2D eigenvalue weighted by Gasteiger charge is -2.28. The predicted molar refractivity (Wildman–Crippen MR) is 119 cm³/mol. The Morgan fingerprint density at radius 3 is 2.75 bits per heavy atom. The molecule has 4 heterocycles. The van der Waals surface area contributed by atoms with Gasteiger partial charge >= 0.3 is 0 Å². The molecule has 162 valence electrons. The van der Waals surface area contributed by atoms with Gasteiger partial charge in [0.05, 0.1) is 29.5 Å². The SMILES string of the molecule is CN1CCC(n2cc(-c3ccc4cnc(NC(=O)c5cncc(F)c5)nc4c3)cn2)CC1. The number of carbonyl (C=O) groups excluding carboxylic acids is 1. The Bertz CT molecular complexity index is 1280. The van der Waals surface area contributed by atoms with Crippen LogP contribution in [0, 0.1) is 5.82 Å². The van der Waals surface area contributed by atoms with Crippen molar-refractivity contribution in [1.29, 1.82) is 0 Å². The maximum atomic E-state index is 13.3. The van der Waals surface area contributed by atoms with E-state index in [-0.39, 0.29) is 11.5 Å². The van der Waals surface area contributed by atoms with Crippen molar-refractivity contribution < 1.29 is 9.18 Å². The number of benzene rings is 1. The molecule has 1 aliphatic rings. The van der Waals surface area contributed by atoms with Gasteiger partial charge in [0, 0.05) is 29.5 Å². The van der Waals surface area contributed by atoms with Crippen LogP contribution in [0.3, 0.4) is 0 Å². The fourth-order valence-electron chi connectivity index (χ4n) is 3.92. The molecular formula is C23H22FN7O. The van der Waals surface area contributed by atoms with Gasteiger partial charge in [-0.05, 0) is 50.7 Å². The van der Waals surface area contributed by atoms with Crippen LogP contribution in [-0.4, -0.2) is 55.7 Å². The molecule has 0 radical (unpaired) electrons. The molecule has 1 fully saturated rings. The summed E-state index contributed by atoms with van der Waals surface area (Å²) < 4.78 is 15.4. The Morgan fingerprint density at radius 1 is 1.09 bits per heavy atom. The van der Waals surface area contributed by atoms with E-state index in [1.165, 1.54) is 6.20 Å². The lowest BCUT2D eigenvalue weighted by atomic mass is 10.1. The van der Waals surface area contributed by atoms with Crippen LogP contribution in [0.15, 0.2) is 55.2 Å². The van der Waals surface area contributed by atoms with E-state index in [0.29, 0.717) is 11.6 Å². The highest BCUT2D eigenvalue weighted by molar-refractivity contribution is 6.03. The monoisotopic (exact) mass is 431 g/mol. The Kier molecular flexibility index (Phi) is 5.32. The molecule has 0 unspecified atom stereocenters. The summed E-state index contributed by atoms with van der Waals surface area (Å²) in [5, 5.41) is 8.04. The van der Waals surface area contributed by atoms with Gasteiger partial charge in [0.1, 0.15) is 5.82 Å². The fourth-order valence-corrected chi connectivity index (χ4v) is 3.92. The van der Waals surface area contributed by atoms with Gasteiger partial charge in [-0.2, -0.15) is 5.10 Å². The highest BCUT2D eigenvalue weighted by atomic mass is 19.1. The molecule has 0 aliphatic carbocycles. The first kappa shape index (κ1) is 20.2. The van der Waals surface area contributed by atoms with E-state index in [0.717, 1.165) is 54.7 Å². The van der Waals surface area contributed by atoms with E-state index in [9.17, 15) is 9.18 Å². The van der Waals surface area contributed by atoms with Crippen molar-refractivity contribution in [1.82, 2.24) is 29.6 Å². The molecule has 1 saturated heterocycles. The van der Waals surface area contributed by atoms with Gasteiger partial charge in [-0.15, -0.1) is 0 Å². The number of hydrogen-bond donors (Lipinski definition) is 1. The van der Waals surface area contributed by atoms with Gasteiger partial charge in [0.25, 0.3) is 5.91 Å². The second-order valence-electron chi connectivity index (χ2n) is 8.06. The van der Waals surface area contributed by atoms with E-state index < -0.39 is 11.7 Å². The number of piperidine rings is 1. The zero-order chi connectivity index (χ0) is 22.1. The predicted octanol–water partition coefficient (Wildman–Crippen LogP) is 3.55. The molecule has 1 aromatic carbocycles. The first-order valence-electron chi connectivity index (χ1n) is 10.5. The highest BCUT2D eigenvalue weighted by Crippen LogP contribution is 2.27. The van der Waals surface area contributed by atoms with E-state index >= 15 is 0 Å². The first-order valence-corrected chi connectivity index (χ1v) is 10.5. The summed E-state index contributed by atoms with van der Waals surface area (Å²) >= 11 is 0. The summed E-state index contributed by atoms with van der Waals surface area (Å²) in [5.41, 5.74) is 2.80. The quantitative estimate of drug-likeness (QED) is 0.532. The summed E-state index contributed by atoms with van der Waals surface area (Å²) in [6.45, 7) is 2.15. The van der Waals surface area contributed by atoms with E-state index in [1.807, 2.05) is 24.4 Å². The van der Waals surface area contributed by atoms with Gasteiger partial charge in [-0.25, -0.2) is 14.4 Å². The number of amides is 1. The van der Waals surface area contributed by atoms with Crippen molar-refractivity contribution in [2.45, 2.75) is 18.9 Å². The van der Waals surface area contributed by atoms with Crippen LogP contribution in [0.5, 0.6) is 0 Å². The molecule has 1 amide bonds. The second-order valence-corrected chi connectivity index (χ2v) is 8.06. The fraction of sp³-hybridized carbons (Fsp3) is 0.261. The highest BCUT2D eigenvalue weighted by Gasteiger charge is 2.19. The molecular weight excluding hydrogens is 409 g/mol. The first-order chi connectivity index (χ1) is 15.5. The molecule has 1 aliphatic heterocycles. The molecule has 0 spiro atoms. The summed E-state index contributed by atoms with van der Waals surface area (Å²) in [5.74, 6) is -0.958. The molecule has 8 nitrogen and oxygen atoms in total. The zero-order valence-corrected chi connectivity index (χ0v) is 17.6. The molecule has 9 heteroatoms. The number of pyridine rings is 1. The van der Waals surface area contributed by atoms with Crippen molar-refractivity contribution in [2.75, 3.05) is 25.5 Å². The van der Waals surface area contributed by atoms with Crippen molar-refractivity contribution in [3.8, 4) is 11.1 Å². The van der Waals surface area contributed by atoms with Crippen LogP contribution in [0.2, 0.25) is 0 Å². The minimum atomic E-state index is -0.581. The van der Waals surface area contributed by atoms with Gasteiger partial charge < -0.3 is 4.90 Å². The van der Waals surface area contributed by atoms with Gasteiger partial charge in [0.2, 0.25) is 5.95 Å². The number of anilines is 1. The number of nitrogens with one attached hydrogen (secondary N) is 1. The minimum absolute atomic E-state index is 0.101. The number of aromatic nitrogens is 5. The summed E-state index contributed by atoms with van der Waals surface area (Å²) in [6.07, 6.45) is 10.1. The zero-order valence-electron chi connectivity index (χ0n) is 17.6. The molecule has 0 bridgehead atoms. The van der Waals surface area contributed by atoms with Crippen LogP contribution in [-0.2, 0) is 0 Å². The third kappa shape index (κ3) is 4.19. The van der Waals surface area contributed by atoms with Crippen LogP contribution >= 0.6 is 0 Å². The van der Waals surface area contributed by atoms with Gasteiger partial charge in [-0.1, -0.05) is 12.1 Å². The molecule has 32 heavy (non-hydrogen) atoms. The standard InChI is InChI=1S/C23H22FN7O/c1-30-6-4-20(5-7-30)31-14-18(12-27-31)15-2-3-16-11-26-23(28-21(16)9-15)29-22(32)17-8-19(24)13-25-10-17/h2-3,8-14,20H,4-7H2,1H3,(H,26,28,29,32). The maximum absolute atomic E-state index is 13.3. The Balaban J connectivity index is 1.37. The van der Waals surface area contributed by atoms with Gasteiger partial charge in [0.15, 0.2) is 0 Å². The third-order valence-corrected chi connectivity index (χ3v) is 5.77. The summed E-state index contributed by atoms with van der Waals surface area (Å²) in [7, 11) is 2.15. The average molecular weight is 431 g/mol. The molecule has 1 N–H and O–H groups in total. The summed E-state index contributed by atoms with van der Waals surface area (Å²) in [4.78, 5) is 27.0. The van der Waals surface area contributed by atoms with Gasteiger partial charge in [-0.3, -0.25) is 19.8 Å². The van der Waals surface area contributed by atoms with Crippen LogP contribution in [0.1, 0.15) is 29.2 Å². The molecule has 4 aromatic rings. The van der Waals surface area contributed by atoms with Crippen molar-refractivity contribution in [3.63, 3.8) is 0 Å². The van der Waals surface area contributed by atoms with Crippen molar-refractivity contribution in [2.24, 2.45) is 0 Å². The topological polar surface area (TPSA) is 88.8 Å².